The highest BCUT2D eigenvalue weighted by molar-refractivity contribution is 5.94. The molecular weight excluding hydrogens is 183 g/mol. The fraction of sp³-hybridized carbons (Fsp3) is 0.300. The molecular formula is C10H13FN2O. The molecule has 1 unspecified atom stereocenters. The molecule has 1 rings (SSSR count). The fourth-order valence-electron chi connectivity index (χ4n) is 0.989. The van der Waals surface area contributed by atoms with E-state index in [0.717, 1.165) is 0 Å². The lowest BCUT2D eigenvalue weighted by Gasteiger charge is -2.10. The molecule has 3 N–H and O–H groups in total. The van der Waals surface area contributed by atoms with Gasteiger partial charge >= 0.3 is 0 Å². The molecule has 0 aliphatic carbocycles. The summed E-state index contributed by atoms with van der Waals surface area (Å²) in [5, 5.41) is 2.55. The summed E-state index contributed by atoms with van der Waals surface area (Å²) in [4.78, 5) is 11.2. The van der Waals surface area contributed by atoms with E-state index < -0.39 is 6.04 Å². The monoisotopic (exact) mass is 196 g/mol. The SMILES string of the molecule is Cc1c(F)cccc1NC(=O)C(C)N. The third-order valence-electron chi connectivity index (χ3n) is 1.94. The zero-order valence-electron chi connectivity index (χ0n) is 8.17. The maximum atomic E-state index is 13.0. The van der Waals surface area contributed by atoms with Crippen LogP contribution in [0.2, 0.25) is 0 Å². The number of benzene rings is 1. The second-order valence-electron chi connectivity index (χ2n) is 3.19. The summed E-state index contributed by atoms with van der Waals surface area (Å²) in [6.45, 7) is 3.18. The second kappa shape index (κ2) is 4.19. The summed E-state index contributed by atoms with van der Waals surface area (Å²) in [5.74, 6) is -0.661. The lowest BCUT2D eigenvalue weighted by atomic mass is 10.2. The number of carbonyl (C=O) groups excluding carboxylic acids is 1. The Morgan fingerprint density at radius 1 is 1.57 bits per heavy atom. The predicted octanol–water partition coefficient (Wildman–Crippen LogP) is 1.42. The molecule has 1 aromatic rings. The molecule has 0 bridgehead atoms. The number of anilines is 1. The Morgan fingerprint density at radius 2 is 2.21 bits per heavy atom. The molecule has 3 nitrogen and oxygen atoms in total. The Labute approximate surface area is 82.1 Å². The molecule has 0 heterocycles. The van der Waals surface area contributed by atoms with Crippen molar-refractivity contribution in [1.29, 1.82) is 0 Å². The van der Waals surface area contributed by atoms with Crippen molar-refractivity contribution in [1.82, 2.24) is 0 Å². The minimum Gasteiger partial charge on any atom is -0.324 e. The summed E-state index contributed by atoms with van der Waals surface area (Å²) in [7, 11) is 0. The summed E-state index contributed by atoms with van der Waals surface area (Å²) >= 11 is 0. The van der Waals surface area contributed by atoms with Crippen LogP contribution in [0.3, 0.4) is 0 Å². The van der Waals surface area contributed by atoms with E-state index in [0.29, 0.717) is 11.3 Å². The summed E-state index contributed by atoms with van der Waals surface area (Å²) < 4.78 is 13.0. The topological polar surface area (TPSA) is 55.1 Å². The van der Waals surface area contributed by atoms with E-state index in [1.165, 1.54) is 6.07 Å². The van der Waals surface area contributed by atoms with Crippen molar-refractivity contribution >= 4 is 11.6 Å². The number of halogens is 1. The van der Waals surface area contributed by atoms with E-state index in [-0.39, 0.29) is 11.7 Å². The predicted molar refractivity (Wildman–Crippen MR) is 53.4 cm³/mol. The van der Waals surface area contributed by atoms with Crippen molar-refractivity contribution in [3.8, 4) is 0 Å². The van der Waals surface area contributed by atoms with Gasteiger partial charge in [0.25, 0.3) is 0 Å². The Morgan fingerprint density at radius 3 is 2.79 bits per heavy atom. The maximum Gasteiger partial charge on any atom is 0.241 e. The minimum atomic E-state index is -0.599. The van der Waals surface area contributed by atoms with Gasteiger partial charge in [-0.3, -0.25) is 4.79 Å². The van der Waals surface area contributed by atoms with Crippen LogP contribution < -0.4 is 11.1 Å². The molecule has 1 aromatic carbocycles. The minimum absolute atomic E-state index is 0.321. The van der Waals surface area contributed by atoms with E-state index in [1.807, 2.05) is 0 Å². The molecule has 0 spiro atoms. The molecule has 0 aliphatic heterocycles. The lowest BCUT2D eigenvalue weighted by molar-refractivity contribution is -0.117. The zero-order chi connectivity index (χ0) is 10.7. The van der Waals surface area contributed by atoms with Gasteiger partial charge in [0, 0.05) is 11.3 Å². The van der Waals surface area contributed by atoms with Crippen LogP contribution in [0.4, 0.5) is 10.1 Å². The third-order valence-corrected chi connectivity index (χ3v) is 1.94. The molecule has 76 valence electrons. The average Bonchev–Trinajstić information content (AvgIpc) is 2.12. The molecule has 0 aliphatic rings. The number of nitrogens with one attached hydrogen (secondary N) is 1. The third kappa shape index (κ3) is 2.29. The molecule has 14 heavy (non-hydrogen) atoms. The van der Waals surface area contributed by atoms with E-state index in [2.05, 4.69) is 5.32 Å². The van der Waals surface area contributed by atoms with Crippen LogP contribution in [-0.2, 0) is 4.79 Å². The van der Waals surface area contributed by atoms with E-state index in [1.54, 1.807) is 26.0 Å². The number of nitrogens with two attached hydrogens (primary N) is 1. The summed E-state index contributed by atoms with van der Waals surface area (Å²) in [6, 6.07) is 3.92. The molecule has 0 radical (unpaired) electrons. The van der Waals surface area contributed by atoms with Crippen LogP contribution in [0.5, 0.6) is 0 Å². The smallest absolute Gasteiger partial charge is 0.241 e. The first kappa shape index (κ1) is 10.7. The van der Waals surface area contributed by atoms with Crippen LogP contribution in [0, 0.1) is 12.7 Å². The number of rotatable bonds is 2. The largest absolute Gasteiger partial charge is 0.324 e. The van der Waals surface area contributed by atoms with Crippen molar-refractivity contribution in [3.05, 3.63) is 29.6 Å². The molecule has 0 saturated heterocycles. The number of amides is 1. The van der Waals surface area contributed by atoms with Gasteiger partial charge in [0.1, 0.15) is 5.82 Å². The van der Waals surface area contributed by atoms with Gasteiger partial charge in [0.15, 0.2) is 0 Å². The van der Waals surface area contributed by atoms with Crippen molar-refractivity contribution < 1.29 is 9.18 Å². The van der Waals surface area contributed by atoms with Crippen LogP contribution in [0.25, 0.3) is 0 Å². The lowest BCUT2D eigenvalue weighted by Crippen LogP contribution is -2.32. The van der Waals surface area contributed by atoms with Crippen molar-refractivity contribution in [2.24, 2.45) is 5.73 Å². The van der Waals surface area contributed by atoms with Gasteiger partial charge in [-0.1, -0.05) is 6.07 Å². The van der Waals surface area contributed by atoms with Crippen molar-refractivity contribution in [3.63, 3.8) is 0 Å². The first-order valence-electron chi connectivity index (χ1n) is 4.34. The molecule has 1 amide bonds. The molecule has 4 heteroatoms. The van der Waals surface area contributed by atoms with Crippen LogP contribution >= 0.6 is 0 Å². The van der Waals surface area contributed by atoms with Gasteiger partial charge in [0.2, 0.25) is 5.91 Å². The Balaban J connectivity index is 2.87. The molecule has 1 atom stereocenters. The number of hydrogen-bond acceptors (Lipinski definition) is 2. The molecule has 0 saturated carbocycles. The quantitative estimate of drug-likeness (QED) is 0.751. The first-order chi connectivity index (χ1) is 6.52. The molecule has 0 fully saturated rings. The standard InChI is InChI=1S/C10H13FN2O/c1-6-8(11)4-3-5-9(6)13-10(14)7(2)12/h3-5,7H,12H2,1-2H3,(H,13,14). The second-order valence-corrected chi connectivity index (χ2v) is 3.19. The van der Waals surface area contributed by atoms with E-state index >= 15 is 0 Å². The van der Waals surface area contributed by atoms with Crippen molar-refractivity contribution in [2.75, 3.05) is 5.32 Å². The summed E-state index contributed by atoms with van der Waals surface area (Å²) in [6.07, 6.45) is 0. The van der Waals surface area contributed by atoms with E-state index in [9.17, 15) is 9.18 Å². The van der Waals surface area contributed by atoms with Gasteiger partial charge in [-0.15, -0.1) is 0 Å². The van der Waals surface area contributed by atoms with Gasteiger partial charge in [-0.25, -0.2) is 4.39 Å². The van der Waals surface area contributed by atoms with Crippen molar-refractivity contribution in [2.45, 2.75) is 19.9 Å². The summed E-state index contributed by atoms with van der Waals surface area (Å²) in [5.41, 5.74) is 6.25. The van der Waals surface area contributed by atoms with Crippen LogP contribution in [0.1, 0.15) is 12.5 Å². The van der Waals surface area contributed by atoms with E-state index in [4.69, 9.17) is 5.73 Å². The number of hydrogen-bond donors (Lipinski definition) is 2. The Bertz CT molecular complexity index is 350. The van der Waals surface area contributed by atoms with Crippen LogP contribution in [0.15, 0.2) is 18.2 Å². The average molecular weight is 196 g/mol. The first-order valence-corrected chi connectivity index (χ1v) is 4.34. The normalized spacial score (nSPS) is 12.3. The highest BCUT2D eigenvalue weighted by Crippen LogP contribution is 2.17. The van der Waals surface area contributed by atoms with Gasteiger partial charge < -0.3 is 11.1 Å². The Hall–Kier alpha value is -1.42. The van der Waals surface area contributed by atoms with Gasteiger partial charge in [-0.2, -0.15) is 0 Å². The maximum absolute atomic E-state index is 13.0. The highest BCUT2D eigenvalue weighted by Gasteiger charge is 2.10. The fourth-order valence-corrected chi connectivity index (χ4v) is 0.989. The Kier molecular flexibility index (Phi) is 3.19. The van der Waals surface area contributed by atoms with Crippen LogP contribution in [-0.4, -0.2) is 11.9 Å². The van der Waals surface area contributed by atoms with Gasteiger partial charge in [-0.05, 0) is 26.0 Å². The zero-order valence-corrected chi connectivity index (χ0v) is 8.17. The highest BCUT2D eigenvalue weighted by atomic mass is 19.1. The number of carbonyl (C=O) groups is 1. The molecule has 0 aromatic heterocycles. The van der Waals surface area contributed by atoms with Gasteiger partial charge in [0.05, 0.1) is 6.04 Å².